The zero-order chi connectivity index (χ0) is 13.7. The second kappa shape index (κ2) is 7.39. The minimum atomic E-state index is 0.452. The summed E-state index contributed by atoms with van der Waals surface area (Å²) in [5.74, 6) is 0. The van der Waals surface area contributed by atoms with Gasteiger partial charge in [-0.25, -0.2) is 0 Å². The fraction of sp³-hybridized carbons (Fsp3) is 0.733. The molecule has 1 aliphatic heterocycles. The number of hydrogen-bond donors (Lipinski definition) is 1. The molecule has 2 heterocycles. The summed E-state index contributed by atoms with van der Waals surface area (Å²) in [5, 5.41) is 3.38. The SMILES string of the molecule is CCNCc1cc(COC2CCN(C)CC2)c(C)s1. The number of thiophene rings is 1. The van der Waals surface area contributed by atoms with Gasteiger partial charge in [0.2, 0.25) is 0 Å². The van der Waals surface area contributed by atoms with E-state index in [0.29, 0.717) is 6.10 Å². The zero-order valence-corrected chi connectivity index (χ0v) is 13.2. The van der Waals surface area contributed by atoms with Gasteiger partial charge in [0.25, 0.3) is 0 Å². The highest BCUT2D eigenvalue weighted by molar-refractivity contribution is 7.12. The van der Waals surface area contributed by atoms with Crippen LogP contribution in [0.5, 0.6) is 0 Å². The fourth-order valence-electron chi connectivity index (χ4n) is 2.43. The molecule has 0 unspecified atom stereocenters. The number of nitrogens with one attached hydrogen (secondary N) is 1. The van der Waals surface area contributed by atoms with E-state index < -0.39 is 0 Å². The van der Waals surface area contributed by atoms with Gasteiger partial charge in [0.15, 0.2) is 0 Å². The molecule has 19 heavy (non-hydrogen) atoms. The van der Waals surface area contributed by atoms with Crippen LogP contribution in [0.2, 0.25) is 0 Å². The Morgan fingerprint density at radius 2 is 2.16 bits per heavy atom. The first-order valence-corrected chi connectivity index (χ1v) is 8.09. The number of hydrogen-bond acceptors (Lipinski definition) is 4. The Labute approximate surface area is 121 Å². The molecular formula is C15H26N2OS. The largest absolute Gasteiger partial charge is 0.373 e. The lowest BCUT2D eigenvalue weighted by atomic mass is 10.1. The maximum absolute atomic E-state index is 6.08. The molecule has 1 saturated heterocycles. The minimum absolute atomic E-state index is 0.452. The first-order valence-electron chi connectivity index (χ1n) is 7.28. The number of aryl methyl sites for hydroxylation is 1. The first-order chi connectivity index (χ1) is 9.19. The van der Waals surface area contributed by atoms with E-state index in [1.807, 2.05) is 11.3 Å². The third-order valence-corrected chi connectivity index (χ3v) is 4.85. The molecule has 1 aromatic rings. The number of ether oxygens (including phenoxy) is 1. The van der Waals surface area contributed by atoms with Crippen LogP contribution in [0.15, 0.2) is 6.07 Å². The van der Waals surface area contributed by atoms with E-state index in [9.17, 15) is 0 Å². The van der Waals surface area contributed by atoms with Crippen LogP contribution in [0.3, 0.4) is 0 Å². The van der Waals surface area contributed by atoms with E-state index in [2.05, 4.69) is 37.2 Å². The van der Waals surface area contributed by atoms with Crippen molar-refractivity contribution in [2.75, 3.05) is 26.7 Å². The highest BCUT2D eigenvalue weighted by Crippen LogP contribution is 2.23. The highest BCUT2D eigenvalue weighted by atomic mass is 32.1. The first kappa shape index (κ1) is 15.0. The van der Waals surface area contributed by atoms with Gasteiger partial charge in [-0.1, -0.05) is 6.92 Å². The summed E-state index contributed by atoms with van der Waals surface area (Å²) >= 11 is 1.89. The van der Waals surface area contributed by atoms with E-state index in [4.69, 9.17) is 4.74 Å². The molecule has 0 amide bonds. The van der Waals surface area contributed by atoms with Gasteiger partial charge in [-0.2, -0.15) is 0 Å². The van der Waals surface area contributed by atoms with Gasteiger partial charge >= 0.3 is 0 Å². The molecule has 108 valence electrons. The Morgan fingerprint density at radius 3 is 2.84 bits per heavy atom. The van der Waals surface area contributed by atoms with Gasteiger partial charge in [0.1, 0.15) is 0 Å². The van der Waals surface area contributed by atoms with Crippen molar-refractivity contribution in [3.8, 4) is 0 Å². The second-order valence-electron chi connectivity index (χ2n) is 5.39. The van der Waals surface area contributed by atoms with Crippen molar-refractivity contribution in [1.82, 2.24) is 10.2 Å². The summed E-state index contributed by atoms with van der Waals surface area (Å²) in [6.07, 6.45) is 2.79. The average molecular weight is 282 g/mol. The van der Waals surface area contributed by atoms with Crippen LogP contribution in [0.25, 0.3) is 0 Å². The standard InChI is InChI=1S/C15H26N2OS/c1-4-16-10-15-9-13(12(2)19-15)11-18-14-5-7-17(3)8-6-14/h9,14,16H,4-8,10-11H2,1-3H3. The van der Waals surface area contributed by atoms with Gasteiger partial charge in [-0.15, -0.1) is 11.3 Å². The molecule has 0 radical (unpaired) electrons. The van der Waals surface area contributed by atoms with Crippen LogP contribution in [0.4, 0.5) is 0 Å². The predicted octanol–water partition coefficient (Wildman–Crippen LogP) is 2.78. The average Bonchev–Trinajstić information content (AvgIpc) is 2.76. The number of likely N-dealkylation sites (tertiary alicyclic amines) is 1. The molecule has 0 bridgehead atoms. The van der Waals surface area contributed by atoms with Gasteiger partial charge in [-0.05, 0) is 45.0 Å². The molecule has 1 N–H and O–H groups in total. The van der Waals surface area contributed by atoms with Crippen molar-refractivity contribution in [3.63, 3.8) is 0 Å². The minimum Gasteiger partial charge on any atom is -0.373 e. The molecule has 0 saturated carbocycles. The van der Waals surface area contributed by atoms with Crippen molar-refractivity contribution in [1.29, 1.82) is 0 Å². The highest BCUT2D eigenvalue weighted by Gasteiger charge is 2.17. The molecule has 1 fully saturated rings. The van der Waals surface area contributed by atoms with Crippen molar-refractivity contribution in [2.45, 2.75) is 45.9 Å². The van der Waals surface area contributed by atoms with Gasteiger partial charge in [0, 0.05) is 29.4 Å². The molecule has 0 spiro atoms. The van der Waals surface area contributed by atoms with Gasteiger partial charge < -0.3 is 15.0 Å². The van der Waals surface area contributed by atoms with Crippen LogP contribution in [0, 0.1) is 6.92 Å². The Hall–Kier alpha value is -0.420. The molecule has 1 aliphatic rings. The van der Waals surface area contributed by atoms with Crippen molar-refractivity contribution in [2.24, 2.45) is 0 Å². The van der Waals surface area contributed by atoms with Crippen LogP contribution >= 0.6 is 11.3 Å². The molecule has 0 aromatic carbocycles. The molecule has 1 aromatic heterocycles. The quantitative estimate of drug-likeness (QED) is 0.868. The number of rotatable bonds is 6. The summed E-state index contributed by atoms with van der Waals surface area (Å²) in [4.78, 5) is 5.20. The molecule has 0 atom stereocenters. The summed E-state index contributed by atoms with van der Waals surface area (Å²) in [5.41, 5.74) is 1.37. The van der Waals surface area contributed by atoms with E-state index >= 15 is 0 Å². The van der Waals surface area contributed by atoms with Crippen molar-refractivity contribution >= 4 is 11.3 Å². The molecule has 4 heteroatoms. The second-order valence-corrected chi connectivity index (χ2v) is 6.73. The Kier molecular flexibility index (Phi) is 5.82. The Morgan fingerprint density at radius 1 is 1.42 bits per heavy atom. The lowest BCUT2D eigenvalue weighted by Gasteiger charge is -2.28. The monoisotopic (exact) mass is 282 g/mol. The summed E-state index contributed by atoms with van der Waals surface area (Å²) in [6, 6.07) is 2.30. The smallest absolute Gasteiger partial charge is 0.0731 e. The van der Waals surface area contributed by atoms with Crippen LogP contribution in [-0.4, -0.2) is 37.7 Å². The van der Waals surface area contributed by atoms with Crippen LogP contribution in [0.1, 0.15) is 35.1 Å². The van der Waals surface area contributed by atoms with E-state index in [0.717, 1.165) is 19.7 Å². The molecular weight excluding hydrogens is 256 g/mol. The van der Waals surface area contributed by atoms with Crippen molar-refractivity contribution < 1.29 is 4.74 Å². The number of piperidine rings is 1. The number of nitrogens with zero attached hydrogens (tertiary/aromatic N) is 1. The van der Waals surface area contributed by atoms with Crippen LogP contribution in [-0.2, 0) is 17.9 Å². The third kappa shape index (κ3) is 4.56. The Bertz CT molecular complexity index is 383. The summed E-state index contributed by atoms with van der Waals surface area (Å²) in [6.45, 7) is 9.47. The van der Waals surface area contributed by atoms with E-state index in [-0.39, 0.29) is 0 Å². The maximum Gasteiger partial charge on any atom is 0.0731 e. The Balaban J connectivity index is 1.80. The normalized spacial score (nSPS) is 18.1. The molecule has 0 aliphatic carbocycles. The lowest BCUT2D eigenvalue weighted by Crippen LogP contribution is -2.34. The summed E-state index contributed by atoms with van der Waals surface area (Å²) in [7, 11) is 2.19. The maximum atomic E-state index is 6.08. The predicted molar refractivity (Wildman–Crippen MR) is 81.7 cm³/mol. The van der Waals surface area contributed by atoms with Crippen molar-refractivity contribution in [3.05, 3.63) is 21.4 Å². The van der Waals surface area contributed by atoms with Gasteiger partial charge in [-0.3, -0.25) is 0 Å². The van der Waals surface area contributed by atoms with Crippen LogP contribution < -0.4 is 5.32 Å². The summed E-state index contributed by atoms with van der Waals surface area (Å²) < 4.78 is 6.08. The lowest BCUT2D eigenvalue weighted by molar-refractivity contribution is 0.00208. The van der Waals surface area contributed by atoms with E-state index in [1.165, 1.54) is 41.2 Å². The van der Waals surface area contributed by atoms with Gasteiger partial charge in [0.05, 0.1) is 12.7 Å². The topological polar surface area (TPSA) is 24.5 Å². The molecule has 2 rings (SSSR count). The fourth-order valence-corrected chi connectivity index (χ4v) is 3.44. The molecule has 3 nitrogen and oxygen atoms in total. The third-order valence-electron chi connectivity index (χ3n) is 3.76. The zero-order valence-electron chi connectivity index (χ0n) is 12.4. The van der Waals surface area contributed by atoms with E-state index in [1.54, 1.807) is 0 Å².